The van der Waals surface area contributed by atoms with E-state index in [0.29, 0.717) is 92.0 Å². The van der Waals surface area contributed by atoms with Crippen molar-refractivity contribution in [3.63, 3.8) is 0 Å². The van der Waals surface area contributed by atoms with Crippen molar-refractivity contribution < 1.29 is 43.4 Å². The van der Waals surface area contributed by atoms with Gasteiger partial charge in [0.15, 0.2) is 5.60 Å². The zero-order chi connectivity index (χ0) is 49.2. The van der Waals surface area contributed by atoms with Crippen LogP contribution in [0.4, 0.5) is 0 Å². The van der Waals surface area contributed by atoms with E-state index in [4.69, 9.17) is 28.4 Å². The van der Waals surface area contributed by atoms with Gasteiger partial charge in [0.25, 0.3) is 0 Å². The van der Waals surface area contributed by atoms with E-state index in [1.807, 2.05) is 106 Å². The molecule has 1 aliphatic carbocycles. The van der Waals surface area contributed by atoms with Crippen LogP contribution in [0.1, 0.15) is 50.2 Å². The molecular weight excluding hydrogens is 897 g/mol. The topological polar surface area (TPSA) is 123 Å². The number of aliphatic hydroxyl groups excluding tert-OH is 1. The molecule has 0 unspecified atom stereocenters. The van der Waals surface area contributed by atoms with Gasteiger partial charge in [-0.15, -0.1) is 0 Å². The molecule has 70 heavy (non-hydrogen) atoms. The molecule has 0 fully saturated rings. The number of hydrogen-bond donors (Lipinski definition) is 2. The first-order valence-electron chi connectivity index (χ1n) is 23.6. The van der Waals surface area contributed by atoms with E-state index in [1.54, 1.807) is 77.0 Å². The summed E-state index contributed by atoms with van der Waals surface area (Å²) in [5.74, 6) is 2.83. The van der Waals surface area contributed by atoms with E-state index < -0.39 is 19.8 Å². The number of hydrogen-bond acceptors (Lipinski definition) is 9. The number of rotatable bonds is 19. The summed E-state index contributed by atoms with van der Waals surface area (Å²) in [4.78, 5) is 15.8. The highest BCUT2D eigenvalue weighted by atomic mass is 28.3. The molecule has 0 radical (unpaired) electrons. The number of ether oxygens (including phenoxy) is 6. The van der Waals surface area contributed by atoms with Crippen LogP contribution in [0.25, 0.3) is 33.2 Å². The van der Waals surface area contributed by atoms with E-state index in [2.05, 4.69) is 19.6 Å². The molecule has 2 atom stereocenters. The number of carbonyl (C=O) groups is 1. The third kappa shape index (κ3) is 9.11. The number of methoxy groups -OCH3 is 4. The molecule has 2 heterocycles. The zero-order valence-corrected chi connectivity index (χ0v) is 41.8. The average Bonchev–Trinajstić information content (AvgIpc) is 3.91. The standard InChI is InChI=1S/C58H60N2O9Si/c1-64-43-24-16-38(17-25-43)32-33-59-53(55(61)41-20-28-45(66-3)29-21-41)49(40-18-26-44(65-2)27-19-40)51-50-47-14-11-15-48(69-36-39-12-9-8-10-13-39)52(47)60(37-68-34-35-70(5,6)7)54(50)57(62)58(63,56(51)59)42-22-30-46(67-4)31-23-42/h8-31,57,62-63H,32-37H2,1-7H3/t57-,58+/m1/s1. The van der Waals surface area contributed by atoms with Crippen molar-refractivity contribution in [3.8, 4) is 51.0 Å². The van der Waals surface area contributed by atoms with E-state index in [0.717, 1.165) is 28.3 Å². The number of benzene rings is 6. The number of nitrogens with zero attached hydrogens (tertiary/aromatic N) is 2. The van der Waals surface area contributed by atoms with Crippen LogP contribution in [0.2, 0.25) is 25.7 Å². The maximum absolute atomic E-state index is 15.8. The Balaban J connectivity index is 1.41. The molecule has 0 saturated heterocycles. The molecule has 6 aromatic carbocycles. The number of aromatic nitrogens is 2. The number of aryl methyl sites for hydroxylation is 1. The molecule has 0 amide bonds. The van der Waals surface area contributed by atoms with Crippen molar-refractivity contribution in [1.29, 1.82) is 0 Å². The minimum Gasteiger partial charge on any atom is -0.497 e. The van der Waals surface area contributed by atoms with Crippen molar-refractivity contribution in [2.45, 2.75) is 63.7 Å². The molecular formula is C58H60N2O9Si. The molecule has 1 aliphatic rings. The predicted octanol–water partition coefficient (Wildman–Crippen LogP) is 11.5. The Labute approximate surface area is 410 Å². The summed E-state index contributed by atoms with van der Waals surface area (Å²) in [6.07, 6.45) is -1.14. The second-order valence-electron chi connectivity index (χ2n) is 18.8. The molecule has 0 spiro atoms. The molecule has 11 nitrogen and oxygen atoms in total. The summed E-state index contributed by atoms with van der Waals surface area (Å²) in [5.41, 5.74) is 4.99. The quantitative estimate of drug-likeness (QED) is 0.0463. The molecule has 8 aromatic rings. The van der Waals surface area contributed by atoms with E-state index in [9.17, 15) is 10.2 Å². The van der Waals surface area contributed by atoms with Gasteiger partial charge < -0.3 is 47.8 Å². The number of aliphatic hydroxyl groups is 2. The van der Waals surface area contributed by atoms with Crippen molar-refractivity contribution in [3.05, 3.63) is 185 Å². The first-order chi connectivity index (χ1) is 33.9. The molecule has 2 N–H and O–H groups in total. The zero-order valence-electron chi connectivity index (χ0n) is 40.8. The van der Waals surface area contributed by atoms with Gasteiger partial charge in [-0.1, -0.05) is 98.5 Å². The van der Waals surface area contributed by atoms with Gasteiger partial charge >= 0.3 is 0 Å². The maximum atomic E-state index is 15.8. The van der Waals surface area contributed by atoms with E-state index >= 15 is 4.79 Å². The van der Waals surface area contributed by atoms with Crippen LogP contribution in [0, 0.1) is 0 Å². The summed E-state index contributed by atoms with van der Waals surface area (Å²) in [6.45, 7) is 8.01. The highest BCUT2D eigenvalue weighted by Gasteiger charge is 2.53. The van der Waals surface area contributed by atoms with Crippen molar-refractivity contribution >= 4 is 24.8 Å². The largest absolute Gasteiger partial charge is 0.497 e. The van der Waals surface area contributed by atoms with Gasteiger partial charge in [0.1, 0.15) is 48.2 Å². The highest BCUT2D eigenvalue weighted by molar-refractivity contribution is 6.76. The minimum atomic E-state index is -2.16. The van der Waals surface area contributed by atoms with Crippen LogP contribution in [-0.4, -0.2) is 68.3 Å². The Morgan fingerprint density at radius 1 is 0.643 bits per heavy atom. The third-order valence-electron chi connectivity index (χ3n) is 13.3. The number of carbonyl (C=O) groups excluding carboxylic acids is 1. The van der Waals surface area contributed by atoms with Crippen molar-refractivity contribution in [1.82, 2.24) is 9.13 Å². The SMILES string of the molecule is COc1ccc(CCn2c(C(=O)c3ccc(OC)cc3)c(-c3ccc(OC)cc3)c3c2[C@@](O)(c2ccc(OC)cc2)[C@H](O)c2c-3c3cccc(OCc4ccccc4)c3n2COCC[Si](C)(C)C)cc1. The predicted molar refractivity (Wildman–Crippen MR) is 276 cm³/mol. The summed E-state index contributed by atoms with van der Waals surface area (Å²) < 4.78 is 39.6. The monoisotopic (exact) mass is 956 g/mol. The molecule has 12 heteroatoms. The van der Waals surface area contributed by atoms with E-state index in [1.165, 1.54) is 0 Å². The van der Waals surface area contributed by atoms with Crippen molar-refractivity contribution in [2.24, 2.45) is 0 Å². The Hall–Kier alpha value is -7.09. The van der Waals surface area contributed by atoms with Crippen molar-refractivity contribution in [2.75, 3.05) is 35.0 Å². The van der Waals surface area contributed by atoms with Crippen LogP contribution in [0.15, 0.2) is 146 Å². The Bertz CT molecular complexity index is 3100. The fraction of sp³-hybridized carbons (Fsp3) is 0.259. The van der Waals surface area contributed by atoms with Gasteiger partial charge in [-0.25, -0.2) is 0 Å². The molecule has 0 bridgehead atoms. The smallest absolute Gasteiger partial charge is 0.210 e. The second-order valence-corrected chi connectivity index (χ2v) is 24.5. The number of para-hydroxylation sites is 1. The number of fused-ring (bicyclic) bond motifs is 5. The van der Waals surface area contributed by atoms with Gasteiger partial charge in [0, 0.05) is 48.9 Å². The first kappa shape index (κ1) is 48.0. The molecule has 0 saturated carbocycles. The second kappa shape index (κ2) is 20.1. The van der Waals surface area contributed by atoms with Gasteiger partial charge in [0.2, 0.25) is 5.78 Å². The lowest BCUT2D eigenvalue weighted by Crippen LogP contribution is -2.41. The Morgan fingerprint density at radius 3 is 1.83 bits per heavy atom. The minimum absolute atomic E-state index is 0.0563. The van der Waals surface area contributed by atoms with Crippen LogP contribution in [0.5, 0.6) is 28.7 Å². The van der Waals surface area contributed by atoms with Crippen LogP contribution >= 0.6 is 0 Å². The third-order valence-corrected chi connectivity index (χ3v) is 15.0. The van der Waals surface area contributed by atoms with Crippen LogP contribution in [-0.2, 0) is 36.6 Å². The van der Waals surface area contributed by atoms with Gasteiger partial charge in [-0.2, -0.15) is 0 Å². The summed E-state index contributed by atoms with van der Waals surface area (Å²) in [5, 5.41) is 28.5. The van der Waals surface area contributed by atoms with E-state index in [-0.39, 0.29) is 25.7 Å². The van der Waals surface area contributed by atoms with Gasteiger partial charge in [-0.3, -0.25) is 4.79 Å². The van der Waals surface area contributed by atoms with Crippen LogP contribution < -0.4 is 23.7 Å². The first-order valence-corrected chi connectivity index (χ1v) is 27.3. The summed E-state index contributed by atoms with van der Waals surface area (Å²) in [6, 6.07) is 46.4. The summed E-state index contributed by atoms with van der Waals surface area (Å²) in [7, 11) is 4.91. The highest BCUT2D eigenvalue weighted by Crippen LogP contribution is 2.59. The molecule has 9 rings (SSSR count). The van der Waals surface area contributed by atoms with Crippen LogP contribution in [0.3, 0.4) is 0 Å². The lowest BCUT2D eigenvalue weighted by Gasteiger charge is -2.40. The lowest BCUT2D eigenvalue weighted by atomic mass is 9.74. The van der Waals surface area contributed by atoms with Gasteiger partial charge in [-0.05, 0) is 101 Å². The number of ketones is 1. The maximum Gasteiger partial charge on any atom is 0.210 e. The normalized spacial score (nSPS) is 15.3. The molecule has 2 aromatic heterocycles. The molecule has 360 valence electrons. The Kier molecular flexibility index (Phi) is 13.8. The Morgan fingerprint density at radius 2 is 1.23 bits per heavy atom. The average molecular weight is 957 g/mol. The lowest BCUT2D eigenvalue weighted by molar-refractivity contribution is -0.0640. The van der Waals surface area contributed by atoms with Gasteiger partial charge in [0.05, 0.1) is 51.0 Å². The molecule has 0 aliphatic heterocycles. The fourth-order valence-electron chi connectivity index (χ4n) is 9.60. The fourth-order valence-corrected chi connectivity index (χ4v) is 10.4. The summed E-state index contributed by atoms with van der Waals surface area (Å²) >= 11 is 0.